The Labute approximate surface area is 360 Å². The maximum Gasteiger partial charge on any atom is 0.416 e. The summed E-state index contributed by atoms with van der Waals surface area (Å²) in [6.45, 7) is 0. The number of nitrogens with two attached hydrogens (primary N) is 1. The summed E-state index contributed by atoms with van der Waals surface area (Å²) in [4.78, 5) is 30.5. The van der Waals surface area contributed by atoms with Gasteiger partial charge in [-0.3, -0.25) is 9.59 Å². The van der Waals surface area contributed by atoms with Gasteiger partial charge in [-0.15, -0.1) is 0 Å². The van der Waals surface area contributed by atoms with Crippen molar-refractivity contribution in [1.82, 2.24) is 15.8 Å². The van der Waals surface area contributed by atoms with Gasteiger partial charge in [-0.25, -0.2) is 0 Å². The molecule has 5 aromatic carbocycles. The fourth-order valence-electron chi connectivity index (χ4n) is 7.18. The number of carbonyl (C=O) groups excluding carboxylic acids is 2. The number of nitrogens with zero attached hydrogens (tertiary/aromatic N) is 3. The molecule has 0 saturated heterocycles. The molecule has 5 unspecified atom stereocenters. The third kappa shape index (κ3) is 8.61. The second kappa shape index (κ2) is 17.0. The number of rotatable bonds is 10. The zero-order chi connectivity index (χ0) is 41.5. The lowest BCUT2D eigenvalue weighted by Gasteiger charge is -2.40. The van der Waals surface area contributed by atoms with Crippen LogP contribution in [0.25, 0.3) is 0 Å². The van der Waals surface area contributed by atoms with E-state index in [9.17, 15) is 18.0 Å². The van der Waals surface area contributed by atoms with Gasteiger partial charge in [0.25, 0.3) is 5.91 Å². The number of benzene rings is 5. The second-order valence-electron chi connectivity index (χ2n) is 13.5. The van der Waals surface area contributed by atoms with Crippen LogP contribution in [0.4, 0.5) is 13.2 Å². The number of hydrogen-bond acceptors (Lipinski definition) is 6. The Morgan fingerprint density at radius 3 is 1.71 bits per heavy atom. The number of halogens is 9. The second-order valence-corrected chi connectivity index (χ2v) is 16.1. The van der Waals surface area contributed by atoms with Crippen molar-refractivity contribution in [3.8, 4) is 0 Å². The van der Waals surface area contributed by atoms with E-state index in [1.165, 1.54) is 17.0 Å². The van der Waals surface area contributed by atoms with Gasteiger partial charge in [0, 0.05) is 42.1 Å². The lowest BCUT2D eigenvalue weighted by Crippen LogP contribution is -2.47. The van der Waals surface area contributed by atoms with Crippen LogP contribution in [0.2, 0.25) is 30.1 Å². The molecule has 5 aromatic rings. The van der Waals surface area contributed by atoms with Crippen LogP contribution in [0.5, 0.6) is 0 Å². The Kier molecular flexibility index (Phi) is 12.2. The quantitative estimate of drug-likeness (QED) is 0.130. The fraction of sp³-hybridized carbons (Fsp3) is 0.171. The van der Waals surface area contributed by atoms with E-state index in [-0.39, 0.29) is 38.3 Å². The maximum absolute atomic E-state index is 15.5. The van der Waals surface area contributed by atoms with Crippen molar-refractivity contribution in [2.24, 2.45) is 21.9 Å². The van der Waals surface area contributed by atoms with Crippen LogP contribution in [0, 0.1) is 5.92 Å². The standard InChI is InChI=1S/C41H29Cl6F3N6O2/c42-24-9-3-20(4-10-24)32-19-33(53-52-32)37(28-15-13-26(44)17-30(28)46)56(40(58)22-1-7-23(8-2-22)41(48,49)50)38(29-16-14-27(45)18-31(29)47)36-34(39(51)57)35(54-55-36)21-5-11-25(43)12-6-21/h1-18,32,34-35,37-38,52,54H,19H2,(H2,51,57). The Balaban J connectivity index is 1.48. The minimum absolute atomic E-state index is 0.0628. The van der Waals surface area contributed by atoms with Crippen LogP contribution in [-0.4, -0.2) is 28.1 Å². The molecule has 17 heteroatoms. The van der Waals surface area contributed by atoms with Crippen molar-refractivity contribution in [2.45, 2.75) is 36.8 Å². The number of carbonyl (C=O) groups is 2. The molecule has 58 heavy (non-hydrogen) atoms. The van der Waals surface area contributed by atoms with Crippen molar-refractivity contribution < 1.29 is 22.8 Å². The molecular weight excluding hydrogens is 878 g/mol. The molecule has 2 amide bonds. The molecule has 2 aliphatic heterocycles. The van der Waals surface area contributed by atoms with Crippen LogP contribution in [0.3, 0.4) is 0 Å². The summed E-state index contributed by atoms with van der Waals surface area (Å²) in [5.41, 5.74) is 13.7. The van der Waals surface area contributed by atoms with Gasteiger partial charge in [-0.05, 0) is 95.1 Å². The van der Waals surface area contributed by atoms with Crippen LogP contribution >= 0.6 is 69.6 Å². The highest BCUT2D eigenvalue weighted by atomic mass is 35.5. The van der Waals surface area contributed by atoms with E-state index < -0.39 is 53.6 Å². The molecular formula is C41H29Cl6F3N6O2. The lowest BCUT2D eigenvalue weighted by atomic mass is 9.82. The number of nitrogens with one attached hydrogen (secondary N) is 2. The molecule has 0 saturated carbocycles. The molecule has 0 bridgehead atoms. The van der Waals surface area contributed by atoms with E-state index in [0.717, 1.165) is 29.8 Å². The summed E-state index contributed by atoms with van der Waals surface area (Å²) in [5, 5.41) is 11.2. The summed E-state index contributed by atoms with van der Waals surface area (Å²) in [6, 6.07) is 23.0. The molecule has 2 heterocycles. The van der Waals surface area contributed by atoms with Gasteiger partial charge in [0.15, 0.2) is 0 Å². The molecule has 5 atom stereocenters. The smallest absolute Gasteiger partial charge is 0.369 e. The molecule has 298 valence electrons. The molecule has 2 aliphatic rings. The number of hydrazone groups is 2. The van der Waals surface area contributed by atoms with Gasteiger partial charge in [-0.1, -0.05) is 106 Å². The molecule has 0 aliphatic carbocycles. The van der Waals surface area contributed by atoms with E-state index in [1.807, 2.05) is 12.1 Å². The monoisotopic (exact) mass is 904 g/mol. The van der Waals surface area contributed by atoms with E-state index >= 15 is 4.79 Å². The highest BCUT2D eigenvalue weighted by Crippen LogP contribution is 2.46. The number of amides is 2. The predicted octanol–water partition coefficient (Wildman–Crippen LogP) is 11.4. The first kappa shape index (κ1) is 41.7. The predicted molar refractivity (Wildman–Crippen MR) is 223 cm³/mol. The average Bonchev–Trinajstić information content (AvgIpc) is 3.85. The first-order valence-corrected chi connectivity index (χ1v) is 19.7. The third-order valence-electron chi connectivity index (χ3n) is 9.93. The molecule has 4 N–H and O–H groups in total. The molecule has 0 radical (unpaired) electrons. The van der Waals surface area contributed by atoms with E-state index in [2.05, 4.69) is 16.0 Å². The van der Waals surface area contributed by atoms with Crippen LogP contribution in [-0.2, 0) is 11.0 Å². The van der Waals surface area contributed by atoms with Crippen molar-refractivity contribution in [2.75, 3.05) is 0 Å². The van der Waals surface area contributed by atoms with Crippen LogP contribution in [0.15, 0.2) is 119 Å². The summed E-state index contributed by atoms with van der Waals surface area (Å²) < 4.78 is 41.4. The molecule has 8 nitrogen and oxygen atoms in total. The van der Waals surface area contributed by atoms with Gasteiger partial charge in [0.1, 0.15) is 18.0 Å². The Hall–Kier alpha value is -4.49. The van der Waals surface area contributed by atoms with E-state index in [4.69, 9.17) is 80.4 Å². The maximum atomic E-state index is 15.5. The average molecular weight is 907 g/mol. The molecule has 7 rings (SSSR count). The van der Waals surface area contributed by atoms with Gasteiger partial charge in [0.2, 0.25) is 5.91 Å². The number of hydrogen-bond donors (Lipinski definition) is 3. The minimum atomic E-state index is -4.68. The van der Waals surface area contributed by atoms with Gasteiger partial charge >= 0.3 is 6.18 Å². The lowest BCUT2D eigenvalue weighted by molar-refractivity contribution is -0.137. The summed E-state index contributed by atoms with van der Waals surface area (Å²) in [6.07, 6.45) is -4.48. The van der Waals surface area contributed by atoms with E-state index in [1.54, 1.807) is 60.7 Å². The zero-order valence-electron chi connectivity index (χ0n) is 29.6. The Bertz CT molecular complexity index is 2430. The molecule has 0 aromatic heterocycles. The largest absolute Gasteiger partial charge is 0.416 e. The van der Waals surface area contributed by atoms with E-state index in [0.29, 0.717) is 31.9 Å². The highest BCUT2D eigenvalue weighted by molar-refractivity contribution is 6.36. The van der Waals surface area contributed by atoms with Crippen LogP contribution < -0.4 is 16.6 Å². The van der Waals surface area contributed by atoms with Crippen molar-refractivity contribution in [3.05, 3.63) is 173 Å². The summed E-state index contributed by atoms with van der Waals surface area (Å²) >= 11 is 39.2. The molecule has 0 spiro atoms. The topological polar surface area (TPSA) is 112 Å². The van der Waals surface area contributed by atoms with Gasteiger partial charge < -0.3 is 21.5 Å². The fourth-order valence-corrected chi connectivity index (χ4v) is 8.46. The highest BCUT2D eigenvalue weighted by Gasteiger charge is 2.48. The minimum Gasteiger partial charge on any atom is -0.369 e. The SMILES string of the molecule is NC(=O)C1C(C(c2ccc(Cl)cc2Cl)N(C(=O)c2ccc(C(F)(F)F)cc2)C(C2=NNC(c3ccc(Cl)cc3)C2)c2ccc(Cl)cc2Cl)=NNC1c1ccc(Cl)cc1. The molecule has 0 fully saturated rings. The Morgan fingerprint density at radius 2 is 1.19 bits per heavy atom. The summed E-state index contributed by atoms with van der Waals surface area (Å²) in [7, 11) is 0. The Morgan fingerprint density at radius 1 is 0.672 bits per heavy atom. The van der Waals surface area contributed by atoms with Crippen molar-refractivity contribution in [1.29, 1.82) is 0 Å². The van der Waals surface area contributed by atoms with Crippen molar-refractivity contribution in [3.63, 3.8) is 0 Å². The first-order valence-electron chi connectivity index (χ1n) is 17.5. The first-order chi connectivity index (χ1) is 27.6. The van der Waals surface area contributed by atoms with Crippen molar-refractivity contribution >= 4 is 92.8 Å². The number of alkyl halides is 3. The normalized spacial score (nSPS) is 18.7. The summed E-state index contributed by atoms with van der Waals surface area (Å²) in [5.74, 6) is -2.81. The van der Waals surface area contributed by atoms with Gasteiger partial charge in [-0.2, -0.15) is 23.4 Å². The number of primary amides is 1. The zero-order valence-corrected chi connectivity index (χ0v) is 34.2. The third-order valence-corrected chi connectivity index (χ3v) is 11.6. The van der Waals surface area contributed by atoms with Crippen LogP contribution in [0.1, 0.15) is 68.8 Å². The van der Waals surface area contributed by atoms with Gasteiger partial charge in [0.05, 0.1) is 29.1 Å².